The number of nitriles is 1. The van der Waals surface area contributed by atoms with E-state index >= 15 is 0 Å². The maximum Gasteiger partial charge on any atom is 0.307 e. The van der Waals surface area contributed by atoms with Gasteiger partial charge in [0.15, 0.2) is 0 Å². The summed E-state index contributed by atoms with van der Waals surface area (Å²) in [5.41, 5.74) is 0.348. The molecule has 0 radical (unpaired) electrons. The SMILES string of the molecule is N#Cc1cc(F)c(Br)cc1CC(=O)O. The lowest BCUT2D eigenvalue weighted by molar-refractivity contribution is -0.136. The highest BCUT2D eigenvalue weighted by molar-refractivity contribution is 9.10. The fourth-order valence-electron chi connectivity index (χ4n) is 1.00. The van der Waals surface area contributed by atoms with Gasteiger partial charge >= 0.3 is 5.97 Å². The largest absolute Gasteiger partial charge is 0.481 e. The first-order valence-corrected chi connectivity index (χ1v) is 4.43. The minimum Gasteiger partial charge on any atom is -0.481 e. The molecule has 0 spiro atoms. The van der Waals surface area contributed by atoms with E-state index in [4.69, 9.17) is 10.4 Å². The van der Waals surface area contributed by atoms with Gasteiger partial charge in [0, 0.05) is 0 Å². The smallest absolute Gasteiger partial charge is 0.307 e. The van der Waals surface area contributed by atoms with E-state index in [1.165, 1.54) is 6.07 Å². The number of nitrogens with zero attached hydrogens (tertiary/aromatic N) is 1. The maximum absolute atomic E-state index is 12.9. The molecule has 0 amide bonds. The van der Waals surface area contributed by atoms with Gasteiger partial charge in [-0.25, -0.2) is 4.39 Å². The molecule has 0 aliphatic rings. The van der Waals surface area contributed by atoms with Gasteiger partial charge < -0.3 is 5.11 Å². The number of hydrogen-bond acceptors (Lipinski definition) is 2. The van der Waals surface area contributed by atoms with E-state index in [-0.39, 0.29) is 16.5 Å². The monoisotopic (exact) mass is 257 g/mol. The van der Waals surface area contributed by atoms with Crippen LogP contribution in [0.15, 0.2) is 16.6 Å². The molecule has 0 atom stereocenters. The molecule has 14 heavy (non-hydrogen) atoms. The summed E-state index contributed by atoms with van der Waals surface area (Å²) in [4.78, 5) is 10.4. The fourth-order valence-corrected chi connectivity index (χ4v) is 1.39. The zero-order valence-corrected chi connectivity index (χ0v) is 8.51. The topological polar surface area (TPSA) is 61.1 Å². The normalized spacial score (nSPS) is 9.50. The highest BCUT2D eigenvalue weighted by Crippen LogP contribution is 2.20. The third-order valence-corrected chi connectivity index (χ3v) is 2.22. The lowest BCUT2D eigenvalue weighted by Gasteiger charge is -2.02. The number of carbonyl (C=O) groups is 1. The number of benzene rings is 1. The van der Waals surface area contributed by atoms with Gasteiger partial charge in [-0.15, -0.1) is 0 Å². The average Bonchev–Trinajstić information content (AvgIpc) is 2.10. The van der Waals surface area contributed by atoms with Crippen molar-refractivity contribution in [1.82, 2.24) is 0 Å². The van der Waals surface area contributed by atoms with Crippen LogP contribution in [0.1, 0.15) is 11.1 Å². The Morgan fingerprint density at radius 2 is 2.29 bits per heavy atom. The van der Waals surface area contributed by atoms with Crippen LogP contribution in [0.25, 0.3) is 0 Å². The molecule has 0 heterocycles. The molecule has 0 aromatic heterocycles. The lowest BCUT2D eigenvalue weighted by Crippen LogP contribution is -2.03. The van der Waals surface area contributed by atoms with Crippen molar-refractivity contribution in [2.75, 3.05) is 0 Å². The molecule has 1 N–H and O–H groups in total. The highest BCUT2D eigenvalue weighted by Gasteiger charge is 2.10. The Morgan fingerprint density at radius 3 is 2.79 bits per heavy atom. The molecule has 0 fully saturated rings. The van der Waals surface area contributed by atoms with E-state index < -0.39 is 11.8 Å². The molecule has 72 valence electrons. The summed E-state index contributed by atoms with van der Waals surface area (Å²) < 4.78 is 13.1. The Hall–Kier alpha value is -1.41. The average molecular weight is 258 g/mol. The van der Waals surface area contributed by atoms with E-state index in [1.54, 1.807) is 6.07 Å². The van der Waals surface area contributed by atoms with Crippen LogP contribution in [0, 0.1) is 17.1 Å². The van der Waals surface area contributed by atoms with E-state index in [2.05, 4.69) is 15.9 Å². The molecular weight excluding hydrogens is 253 g/mol. The van der Waals surface area contributed by atoms with Gasteiger partial charge in [-0.05, 0) is 33.6 Å². The predicted octanol–water partition coefficient (Wildman–Crippen LogP) is 2.09. The van der Waals surface area contributed by atoms with Crippen molar-refractivity contribution < 1.29 is 14.3 Å². The van der Waals surface area contributed by atoms with E-state index in [0.717, 1.165) is 6.07 Å². The molecular formula is C9H5BrFNO2. The lowest BCUT2D eigenvalue weighted by atomic mass is 10.1. The zero-order chi connectivity index (χ0) is 10.7. The highest BCUT2D eigenvalue weighted by atomic mass is 79.9. The summed E-state index contributed by atoms with van der Waals surface area (Å²) in [6.45, 7) is 0. The van der Waals surface area contributed by atoms with Gasteiger partial charge in [0.25, 0.3) is 0 Å². The van der Waals surface area contributed by atoms with Gasteiger partial charge in [0.2, 0.25) is 0 Å². The summed E-state index contributed by atoms with van der Waals surface area (Å²) in [6.07, 6.45) is -0.290. The van der Waals surface area contributed by atoms with Gasteiger partial charge in [0.1, 0.15) is 5.82 Å². The third-order valence-electron chi connectivity index (χ3n) is 1.61. The van der Waals surface area contributed by atoms with Crippen molar-refractivity contribution in [2.24, 2.45) is 0 Å². The van der Waals surface area contributed by atoms with Gasteiger partial charge in [-0.3, -0.25) is 4.79 Å². The van der Waals surface area contributed by atoms with E-state index in [9.17, 15) is 9.18 Å². The number of carboxylic acids is 1. The first-order valence-electron chi connectivity index (χ1n) is 3.64. The Balaban J connectivity index is 3.22. The molecule has 1 aromatic carbocycles. The van der Waals surface area contributed by atoms with Crippen LogP contribution in [0.2, 0.25) is 0 Å². The second-order valence-corrected chi connectivity index (χ2v) is 3.46. The molecule has 0 unspecified atom stereocenters. The van der Waals surface area contributed by atoms with Gasteiger partial charge in [0.05, 0.1) is 22.5 Å². The number of hydrogen-bond donors (Lipinski definition) is 1. The Labute approximate surface area is 87.9 Å². The molecule has 0 saturated carbocycles. The first-order chi connectivity index (χ1) is 6.54. The number of carboxylic acid groups (broad SMARTS) is 1. The second kappa shape index (κ2) is 4.20. The summed E-state index contributed by atoms with van der Waals surface area (Å²) in [7, 11) is 0. The van der Waals surface area contributed by atoms with Crippen molar-refractivity contribution in [3.8, 4) is 6.07 Å². The molecule has 3 nitrogen and oxygen atoms in total. The number of rotatable bonds is 2. The van der Waals surface area contributed by atoms with Gasteiger partial charge in [-0.2, -0.15) is 5.26 Å². The maximum atomic E-state index is 12.9. The number of halogens is 2. The van der Waals surface area contributed by atoms with E-state index in [1.807, 2.05) is 0 Å². The zero-order valence-electron chi connectivity index (χ0n) is 6.92. The summed E-state index contributed by atoms with van der Waals surface area (Å²) in [6, 6.07) is 4.07. The van der Waals surface area contributed by atoms with E-state index in [0.29, 0.717) is 5.56 Å². The van der Waals surface area contributed by atoms with Crippen LogP contribution < -0.4 is 0 Å². The quantitative estimate of drug-likeness (QED) is 0.883. The Bertz CT molecular complexity index is 426. The first kappa shape index (κ1) is 10.7. The minimum atomic E-state index is -1.06. The molecule has 5 heteroatoms. The standard InChI is InChI=1S/C9H5BrFNO2/c10-7-1-5(3-9(13)14)6(4-12)2-8(7)11/h1-2H,3H2,(H,13,14). The van der Waals surface area contributed by atoms with Crippen LogP contribution in [0.5, 0.6) is 0 Å². The van der Waals surface area contributed by atoms with Crippen LogP contribution in [0.3, 0.4) is 0 Å². The molecule has 0 saturated heterocycles. The van der Waals surface area contributed by atoms with Crippen molar-refractivity contribution >= 4 is 21.9 Å². The van der Waals surface area contributed by atoms with Crippen LogP contribution in [-0.2, 0) is 11.2 Å². The fraction of sp³-hybridized carbons (Fsp3) is 0.111. The van der Waals surface area contributed by atoms with Crippen molar-refractivity contribution in [3.63, 3.8) is 0 Å². The number of aliphatic carboxylic acids is 1. The molecule has 1 aromatic rings. The molecule has 1 rings (SSSR count). The Kier molecular flexibility index (Phi) is 3.20. The third kappa shape index (κ3) is 2.30. The molecule has 0 bridgehead atoms. The van der Waals surface area contributed by atoms with Crippen molar-refractivity contribution in [3.05, 3.63) is 33.5 Å². The van der Waals surface area contributed by atoms with Crippen LogP contribution in [0.4, 0.5) is 4.39 Å². The van der Waals surface area contributed by atoms with Gasteiger partial charge in [-0.1, -0.05) is 0 Å². The Morgan fingerprint density at radius 1 is 1.64 bits per heavy atom. The summed E-state index contributed by atoms with van der Waals surface area (Å²) >= 11 is 2.92. The van der Waals surface area contributed by atoms with Crippen LogP contribution in [-0.4, -0.2) is 11.1 Å². The summed E-state index contributed by atoms with van der Waals surface area (Å²) in [5.74, 6) is -1.63. The van der Waals surface area contributed by atoms with Crippen molar-refractivity contribution in [1.29, 1.82) is 5.26 Å². The summed E-state index contributed by atoms with van der Waals surface area (Å²) in [5, 5.41) is 17.2. The minimum absolute atomic E-state index is 0.0492. The molecule has 0 aliphatic carbocycles. The predicted molar refractivity (Wildman–Crippen MR) is 50.2 cm³/mol. The van der Waals surface area contributed by atoms with Crippen molar-refractivity contribution in [2.45, 2.75) is 6.42 Å². The molecule has 0 aliphatic heterocycles. The second-order valence-electron chi connectivity index (χ2n) is 2.61. The van der Waals surface area contributed by atoms with Crippen LogP contribution >= 0.6 is 15.9 Å².